The molecule has 1 N–H and O–H groups in total. The van der Waals surface area contributed by atoms with Crippen molar-refractivity contribution in [2.75, 3.05) is 6.54 Å². The molecule has 1 aliphatic rings. The minimum atomic E-state index is -1.86. The quantitative estimate of drug-likeness (QED) is 0.445. The first-order valence-corrected chi connectivity index (χ1v) is 11.0. The number of carboxylic acid groups (broad SMARTS) is 1. The van der Waals surface area contributed by atoms with E-state index in [1.807, 2.05) is 24.3 Å². The van der Waals surface area contributed by atoms with E-state index in [-0.39, 0.29) is 5.56 Å². The monoisotopic (exact) mass is 464 g/mol. The number of carboxylic acids is 1. The molecule has 7 heteroatoms. The molecular formula is C28H20N2O5. The lowest BCUT2D eigenvalue weighted by Crippen LogP contribution is -2.50. The Bertz CT molecular complexity index is 1430. The van der Waals surface area contributed by atoms with E-state index >= 15 is 0 Å². The van der Waals surface area contributed by atoms with Crippen LogP contribution >= 0.6 is 0 Å². The van der Waals surface area contributed by atoms with E-state index < -0.39 is 35.9 Å². The summed E-state index contributed by atoms with van der Waals surface area (Å²) in [6.45, 7) is -0.861. The molecule has 172 valence electrons. The molecule has 4 aromatic carbocycles. The topological polar surface area (TPSA) is 95.0 Å². The van der Waals surface area contributed by atoms with Crippen LogP contribution in [-0.2, 0) is 15.1 Å². The molecule has 0 unspecified atom stereocenters. The third-order valence-electron chi connectivity index (χ3n) is 6.19. The summed E-state index contributed by atoms with van der Waals surface area (Å²) in [6.07, 6.45) is 0. The summed E-state index contributed by atoms with van der Waals surface area (Å²) in [5.74, 6) is -2.85. The zero-order chi connectivity index (χ0) is 24.6. The summed E-state index contributed by atoms with van der Waals surface area (Å²) in [5.41, 5.74) is -0.894. The van der Waals surface area contributed by atoms with Crippen LogP contribution < -0.4 is 0 Å². The van der Waals surface area contributed by atoms with Crippen LogP contribution in [0.15, 0.2) is 103 Å². The number of imide groups is 2. The van der Waals surface area contributed by atoms with Gasteiger partial charge in [-0.1, -0.05) is 91.0 Å². The van der Waals surface area contributed by atoms with Crippen molar-refractivity contribution >= 4 is 34.6 Å². The molecule has 0 spiro atoms. The lowest BCUT2D eigenvalue weighted by Gasteiger charge is -2.35. The maximum absolute atomic E-state index is 14.0. The van der Waals surface area contributed by atoms with Gasteiger partial charge in [0, 0.05) is 5.56 Å². The lowest BCUT2D eigenvalue weighted by molar-refractivity contribution is -0.142. The van der Waals surface area contributed by atoms with Gasteiger partial charge < -0.3 is 5.11 Å². The van der Waals surface area contributed by atoms with Crippen LogP contribution in [0.5, 0.6) is 0 Å². The fourth-order valence-corrected chi connectivity index (χ4v) is 4.64. The Balaban J connectivity index is 1.77. The number of carbonyl (C=O) groups excluding carboxylic acids is 3. The van der Waals surface area contributed by atoms with Gasteiger partial charge in [0.25, 0.3) is 11.8 Å². The molecule has 0 bridgehead atoms. The molecule has 0 aromatic heterocycles. The maximum atomic E-state index is 14.0. The van der Waals surface area contributed by atoms with Gasteiger partial charge in [-0.2, -0.15) is 0 Å². The number of urea groups is 1. The highest BCUT2D eigenvalue weighted by molar-refractivity contribution is 6.20. The minimum Gasteiger partial charge on any atom is -0.480 e. The number of nitrogens with zero attached hydrogens (tertiary/aromatic N) is 2. The first kappa shape index (κ1) is 22.0. The second kappa shape index (κ2) is 8.53. The molecule has 1 aliphatic heterocycles. The van der Waals surface area contributed by atoms with E-state index in [4.69, 9.17) is 0 Å². The summed E-state index contributed by atoms with van der Waals surface area (Å²) in [4.78, 5) is 54.7. The van der Waals surface area contributed by atoms with Crippen molar-refractivity contribution in [2.45, 2.75) is 5.54 Å². The molecule has 1 heterocycles. The number of hydrogen-bond acceptors (Lipinski definition) is 4. The molecule has 1 fully saturated rings. The molecule has 0 radical (unpaired) electrons. The van der Waals surface area contributed by atoms with Gasteiger partial charge in [-0.05, 0) is 34.0 Å². The van der Waals surface area contributed by atoms with Gasteiger partial charge >= 0.3 is 12.0 Å². The summed E-state index contributed by atoms with van der Waals surface area (Å²) in [6, 6.07) is 28.5. The van der Waals surface area contributed by atoms with Crippen molar-refractivity contribution in [1.82, 2.24) is 9.80 Å². The van der Waals surface area contributed by atoms with Crippen LogP contribution in [0.25, 0.3) is 10.8 Å². The van der Waals surface area contributed by atoms with Gasteiger partial charge in [0.1, 0.15) is 6.54 Å². The molecule has 35 heavy (non-hydrogen) atoms. The Morgan fingerprint density at radius 3 is 1.83 bits per heavy atom. The van der Waals surface area contributed by atoms with Crippen LogP contribution in [0.1, 0.15) is 21.5 Å². The number of carbonyl (C=O) groups is 4. The van der Waals surface area contributed by atoms with Gasteiger partial charge in [0.05, 0.1) is 0 Å². The number of hydrogen-bond donors (Lipinski definition) is 1. The molecule has 1 saturated heterocycles. The molecular weight excluding hydrogens is 444 g/mol. The first-order valence-electron chi connectivity index (χ1n) is 11.0. The summed E-state index contributed by atoms with van der Waals surface area (Å²) < 4.78 is 0. The fraction of sp³-hybridized carbons (Fsp3) is 0.0714. The third kappa shape index (κ3) is 3.45. The standard InChI is InChI=1S/C28H20N2O5/c31-24(32)18-29-26(34)28(22-11-3-1-4-12-22,23-13-5-2-6-14-23)30(27(29)35)25(33)21-16-15-19-9-7-8-10-20(19)17-21/h1-17H,18H2,(H,31,32). The second-order valence-electron chi connectivity index (χ2n) is 8.21. The van der Waals surface area contributed by atoms with Crippen LogP contribution in [0.4, 0.5) is 4.79 Å². The molecule has 5 rings (SSSR count). The average Bonchev–Trinajstić information content (AvgIpc) is 3.11. The van der Waals surface area contributed by atoms with Crippen LogP contribution in [0.2, 0.25) is 0 Å². The number of rotatable bonds is 5. The average molecular weight is 464 g/mol. The predicted molar refractivity (Wildman–Crippen MR) is 129 cm³/mol. The SMILES string of the molecule is O=C(O)CN1C(=O)N(C(=O)c2ccc3ccccc3c2)C(c2ccccc2)(c2ccccc2)C1=O. The summed E-state index contributed by atoms with van der Waals surface area (Å²) in [7, 11) is 0. The Morgan fingerprint density at radius 1 is 0.714 bits per heavy atom. The highest BCUT2D eigenvalue weighted by Gasteiger charge is 2.62. The zero-order valence-electron chi connectivity index (χ0n) is 18.5. The summed E-state index contributed by atoms with van der Waals surface area (Å²) in [5, 5.41) is 11.1. The zero-order valence-corrected chi connectivity index (χ0v) is 18.5. The van der Waals surface area contributed by atoms with E-state index in [1.165, 1.54) is 0 Å². The van der Waals surface area contributed by atoms with E-state index in [0.717, 1.165) is 15.7 Å². The Kier molecular flexibility index (Phi) is 5.37. The van der Waals surface area contributed by atoms with Crippen molar-refractivity contribution < 1.29 is 24.3 Å². The van der Waals surface area contributed by atoms with Gasteiger partial charge in [-0.3, -0.25) is 14.4 Å². The van der Waals surface area contributed by atoms with Crippen molar-refractivity contribution in [2.24, 2.45) is 0 Å². The van der Waals surface area contributed by atoms with Crippen LogP contribution in [0, 0.1) is 0 Å². The molecule has 0 saturated carbocycles. The van der Waals surface area contributed by atoms with E-state index in [9.17, 15) is 24.3 Å². The Labute approximate surface area is 200 Å². The lowest BCUT2D eigenvalue weighted by atomic mass is 9.81. The Hall–Kier alpha value is -4.78. The third-order valence-corrected chi connectivity index (χ3v) is 6.19. The fourth-order valence-electron chi connectivity index (χ4n) is 4.64. The molecule has 7 nitrogen and oxygen atoms in total. The van der Waals surface area contributed by atoms with Crippen molar-refractivity contribution in [1.29, 1.82) is 0 Å². The van der Waals surface area contributed by atoms with E-state index in [0.29, 0.717) is 16.0 Å². The van der Waals surface area contributed by atoms with Crippen LogP contribution in [0.3, 0.4) is 0 Å². The molecule has 4 amide bonds. The minimum absolute atomic E-state index is 0.207. The smallest absolute Gasteiger partial charge is 0.335 e. The van der Waals surface area contributed by atoms with E-state index in [2.05, 4.69) is 0 Å². The largest absolute Gasteiger partial charge is 0.480 e. The first-order chi connectivity index (χ1) is 16.9. The van der Waals surface area contributed by atoms with Crippen LogP contribution in [-0.4, -0.2) is 45.3 Å². The number of aliphatic carboxylic acids is 1. The highest BCUT2D eigenvalue weighted by Crippen LogP contribution is 2.44. The molecule has 0 atom stereocenters. The van der Waals surface area contributed by atoms with Gasteiger partial charge in [-0.25, -0.2) is 14.6 Å². The van der Waals surface area contributed by atoms with Crippen molar-refractivity contribution in [3.05, 3.63) is 120 Å². The maximum Gasteiger partial charge on any atom is 0.335 e. The number of amides is 4. The highest BCUT2D eigenvalue weighted by atomic mass is 16.4. The number of benzene rings is 4. The Morgan fingerprint density at radius 2 is 1.26 bits per heavy atom. The predicted octanol–water partition coefficient (Wildman–Crippen LogP) is 4.27. The van der Waals surface area contributed by atoms with Crippen molar-refractivity contribution in [3.8, 4) is 0 Å². The van der Waals surface area contributed by atoms with Crippen molar-refractivity contribution in [3.63, 3.8) is 0 Å². The second-order valence-corrected chi connectivity index (χ2v) is 8.21. The summed E-state index contributed by atoms with van der Waals surface area (Å²) >= 11 is 0. The number of fused-ring (bicyclic) bond motifs is 1. The molecule has 0 aliphatic carbocycles. The van der Waals surface area contributed by atoms with Gasteiger partial charge in [-0.15, -0.1) is 0 Å². The molecule has 4 aromatic rings. The van der Waals surface area contributed by atoms with Gasteiger partial charge in [0.2, 0.25) is 0 Å². The van der Waals surface area contributed by atoms with E-state index in [1.54, 1.807) is 78.9 Å². The normalized spacial score (nSPS) is 15.0. The van der Waals surface area contributed by atoms with Gasteiger partial charge in [0.15, 0.2) is 5.54 Å².